The molecular weight excluding hydrogens is 356 g/mol. The third-order valence-electron chi connectivity index (χ3n) is 3.08. The smallest absolute Gasteiger partial charge is 0.0947 e. The second kappa shape index (κ2) is 6.14. The van der Waals surface area contributed by atoms with E-state index in [0.717, 1.165) is 27.2 Å². The lowest BCUT2D eigenvalue weighted by Gasteiger charge is -2.15. The number of benzene rings is 1. The van der Waals surface area contributed by atoms with Gasteiger partial charge in [0.15, 0.2) is 0 Å². The summed E-state index contributed by atoms with van der Waals surface area (Å²) in [7, 11) is 0. The Kier molecular flexibility index (Phi) is 4.90. The highest BCUT2D eigenvalue weighted by Gasteiger charge is 2.19. The first-order chi connectivity index (χ1) is 9.27. The second-order valence-electron chi connectivity index (χ2n) is 5.85. The van der Waals surface area contributed by atoms with Gasteiger partial charge < -0.3 is 5.73 Å². The van der Waals surface area contributed by atoms with E-state index >= 15 is 0 Å². The second-order valence-corrected chi connectivity index (χ2v) is 8.09. The van der Waals surface area contributed by atoms with Crippen LogP contribution in [0.15, 0.2) is 28.1 Å². The van der Waals surface area contributed by atoms with Crippen molar-refractivity contribution in [1.29, 1.82) is 0 Å². The molecule has 0 fully saturated rings. The number of hydrogen-bond donors (Lipinski definition) is 1. The predicted octanol–water partition coefficient (Wildman–Crippen LogP) is 5.10. The van der Waals surface area contributed by atoms with Crippen molar-refractivity contribution in [3.05, 3.63) is 49.3 Å². The first-order valence-corrected chi connectivity index (χ1v) is 8.48. The van der Waals surface area contributed by atoms with Crippen LogP contribution in [0.3, 0.4) is 0 Å². The average molecular weight is 374 g/mol. The Labute approximate surface area is 137 Å². The molecule has 2 rings (SSSR count). The van der Waals surface area contributed by atoms with E-state index in [-0.39, 0.29) is 11.5 Å². The zero-order valence-electron chi connectivity index (χ0n) is 11.8. The molecule has 0 aliphatic carbocycles. The first kappa shape index (κ1) is 16.0. The molecule has 2 aromatic rings. The van der Waals surface area contributed by atoms with Gasteiger partial charge in [-0.15, -0.1) is 11.3 Å². The summed E-state index contributed by atoms with van der Waals surface area (Å²) in [5, 5.41) is 3.90. The minimum absolute atomic E-state index is 0.0828. The number of rotatable bonds is 3. The van der Waals surface area contributed by atoms with Gasteiger partial charge in [-0.1, -0.05) is 54.4 Å². The normalized spacial score (nSPS) is 13.5. The molecule has 5 heteroatoms. The van der Waals surface area contributed by atoms with Crippen molar-refractivity contribution in [1.82, 2.24) is 4.98 Å². The molecule has 108 valence electrons. The zero-order valence-corrected chi connectivity index (χ0v) is 14.9. The van der Waals surface area contributed by atoms with Crippen molar-refractivity contribution in [2.24, 2.45) is 5.73 Å². The lowest BCUT2D eigenvalue weighted by Crippen LogP contribution is -2.15. The maximum Gasteiger partial charge on any atom is 0.0947 e. The van der Waals surface area contributed by atoms with E-state index in [1.54, 1.807) is 11.3 Å². The highest BCUT2D eigenvalue weighted by Crippen LogP contribution is 2.29. The van der Waals surface area contributed by atoms with Gasteiger partial charge in [-0.05, 0) is 17.7 Å². The molecule has 1 aromatic carbocycles. The number of halogens is 2. The van der Waals surface area contributed by atoms with Crippen molar-refractivity contribution < 1.29 is 0 Å². The van der Waals surface area contributed by atoms with Crippen LogP contribution in [-0.4, -0.2) is 4.98 Å². The van der Waals surface area contributed by atoms with E-state index in [0.29, 0.717) is 5.02 Å². The summed E-state index contributed by atoms with van der Waals surface area (Å²) >= 11 is 11.1. The Morgan fingerprint density at radius 1 is 1.40 bits per heavy atom. The van der Waals surface area contributed by atoms with Gasteiger partial charge in [-0.25, -0.2) is 4.98 Å². The largest absolute Gasteiger partial charge is 0.324 e. The van der Waals surface area contributed by atoms with Crippen LogP contribution >= 0.6 is 38.9 Å². The fourth-order valence-corrected chi connectivity index (χ4v) is 3.91. The van der Waals surface area contributed by atoms with E-state index in [9.17, 15) is 0 Å². The molecule has 1 atom stereocenters. The fraction of sp³-hybridized carbons (Fsp3) is 0.400. The molecule has 2 nitrogen and oxygen atoms in total. The van der Waals surface area contributed by atoms with Crippen LogP contribution in [0.25, 0.3) is 0 Å². The molecular formula is C15H18BrClN2S. The molecule has 0 aliphatic rings. The molecule has 0 bridgehead atoms. The number of thiazole rings is 1. The molecule has 1 unspecified atom stereocenters. The summed E-state index contributed by atoms with van der Waals surface area (Å²) in [5.41, 5.74) is 8.56. The van der Waals surface area contributed by atoms with Crippen LogP contribution in [0.2, 0.25) is 5.02 Å². The van der Waals surface area contributed by atoms with Crippen LogP contribution in [-0.2, 0) is 11.8 Å². The van der Waals surface area contributed by atoms with Crippen LogP contribution < -0.4 is 5.73 Å². The van der Waals surface area contributed by atoms with E-state index in [1.165, 1.54) is 0 Å². The molecule has 0 saturated carbocycles. The van der Waals surface area contributed by atoms with Gasteiger partial charge in [0.1, 0.15) is 0 Å². The number of aromatic nitrogens is 1. The molecule has 20 heavy (non-hydrogen) atoms. The summed E-state index contributed by atoms with van der Waals surface area (Å²) in [5.74, 6) is 0. The van der Waals surface area contributed by atoms with Crippen molar-refractivity contribution in [2.45, 2.75) is 38.6 Å². The summed E-state index contributed by atoms with van der Waals surface area (Å²) in [6, 6.07) is 5.62. The highest BCUT2D eigenvalue weighted by atomic mass is 79.9. The summed E-state index contributed by atoms with van der Waals surface area (Å²) < 4.78 is 0.949. The van der Waals surface area contributed by atoms with Gasteiger partial charge in [0.25, 0.3) is 0 Å². The Morgan fingerprint density at radius 2 is 2.10 bits per heavy atom. The van der Waals surface area contributed by atoms with Crippen LogP contribution in [0, 0.1) is 0 Å². The van der Waals surface area contributed by atoms with Gasteiger partial charge in [-0.2, -0.15) is 0 Å². The molecule has 1 heterocycles. The first-order valence-electron chi connectivity index (χ1n) is 6.43. The highest BCUT2D eigenvalue weighted by molar-refractivity contribution is 9.10. The molecule has 0 amide bonds. The average Bonchev–Trinajstić information content (AvgIpc) is 2.76. The zero-order chi connectivity index (χ0) is 14.9. The fourth-order valence-electron chi connectivity index (χ4n) is 1.85. The van der Waals surface area contributed by atoms with E-state index in [4.69, 9.17) is 22.3 Å². The number of nitrogens with zero attached hydrogens (tertiary/aromatic N) is 1. The lowest BCUT2D eigenvalue weighted by molar-refractivity contribution is 0.569. The minimum atomic E-state index is -0.0828. The van der Waals surface area contributed by atoms with Gasteiger partial charge >= 0.3 is 0 Å². The Balaban J connectivity index is 2.15. The lowest BCUT2D eigenvalue weighted by atomic mass is 9.93. The van der Waals surface area contributed by atoms with Gasteiger partial charge in [0.2, 0.25) is 0 Å². The molecule has 0 radical (unpaired) electrons. The van der Waals surface area contributed by atoms with Gasteiger partial charge in [0.05, 0.1) is 10.7 Å². The van der Waals surface area contributed by atoms with Crippen molar-refractivity contribution in [3.63, 3.8) is 0 Å². The van der Waals surface area contributed by atoms with Crippen LogP contribution in [0.5, 0.6) is 0 Å². The molecule has 0 aliphatic heterocycles. The summed E-state index contributed by atoms with van der Waals surface area (Å²) in [6.07, 6.45) is 0.737. The van der Waals surface area contributed by atoms with Crippen LogP contribution in [0.1, 0.15) is 43.1 Å². The maximum absolute atomic E-state index is 6.29. The Morgan fingerprint density at radius 3 is 2.65 bits per heavy atom. The third-order valence-corrected chi connectivity index (χ3v) is 4.87. The maximum atomic E-state index is 6.29. The summed E-state index contributed by atoms with van der Waals surface area (Å²) in [6.45, 7) is 6.50. The van der Waals surface area contributed by atoms with Crippen LogP contribution in [0.4, 0.5) is 0 Å². The minimum Gasteiger partial charge on any atom is -0.324 e. The SMILES string of the molecule is CC(C)(C)c1csc(CC(N)c2ccc(Cl)cc2Br)n1. The predicted molar refractivity (Wildman–Crippen MR) is 90.6 cm³/mol. The molecule has 0 saturated heterocycles. The van der Waals surface area contributed by atoms with Crippen molar-refractivity contribution in [3.8, 4) is 0 Å². The third kappa shape index (κ3) is 3.82. The Hall–Kier alpha value is -0.420. The topological polar surface area (TPSA) is 38.9 Å². The quantitative estimate of drug-likeness (QED) is 0.813. The van der Waals surface area contributed by atoms with Gasteiger partial charge in [0, 0.05) is 32.8 Å². The van der Waals surface area contributed by atoms with Crippen molar-refractivity contribution in [2.75, 3.05) is 0 Å². The van der Waals surface area contributed by atoms with E-state index in [1.807, 2.05) is 18.2 Å². The van der Waals surface area contributed by atoms with E-state index < -0.39 is 0 Å². The summed E-state index contributed by atoms with van der Waals surface area (Å²) in [4.78, 5) is 4.69. The monoisotopic (exact) mass is 372 g/mol. The molecule has 1 aromatic heterocycles. The van der Waals surface area contributed by atoms with Crippen molar-refractivity contribution >= 4 is 38.9 Å². The number of nitrogens with two attached hydrogens (primary N) is 1. The number of hydrogen-bond acceptors (Lipinski definition) is 3. The molecule has 2 N–H and O–H groups in total. The Bertz CT molecular complexity index is 604. The standard InChI is InChI=1S/C15H18BrClN2S/c1-15(2,3)13-8-20-14(19-13)7-12(18)10-5-4-9(17)6-11(10)16/h4-6,8,12H,7,18H2,1-3H3. The van der Waals surface area contributed by atoms with E-state index in [2.05, 4.69) is 42.1 Å². The van der Waals surface area contributed by atoms with Gasteiger partial charge in [-0.3, -0.25) is 0 Å². The molecule has 0 spiro atoms.